The number of carbonyl (C=O) groups is 4. The normalized spacial score (nSPS) is 10.2. The summed E-state index contributed by atoms with van der Waals surface area (Å²) >= 11 is 11.8. The molecule has 4 aromatic rings. The molecule has 0 saturated heterocycles. The number of amides is 4. The summed E-state index contributed by atoms with van der Waals surface area (Å²) in [5, 5.41) is 25.7. The summed E-state index contributed by atoms with van der Waals surface area (Å²) in [6.45, 7) is -0.487. The number of aromatic nitrogens is 2. The van der Waals surface area contributed by atoms with E-state index in [1.807, 2.05) is 6.07 Å². The monoisotopic (exact) mass is 638 g/mol. The van der Waals surface area contributed by atoms with Crippen LogP contribution in [0.15, 0.2) is 73.1 Å². The third kappa shape index (κ3) is 9.41. The zero-order chi connectivity index (χ0) is 32.4. The number of nitrogens with one attached hydrogen (secondary N) is 2. The van der Waals surface area contributed by atoms with Gasteiger partial charge in [0.15, 0.2) is 11.4 Å². The molecule has 2 aromatic heterocycles. The van der Waals surface area contributed by atoms with Crippen molar-refractivity contribution in [3.8, 4) is 33.8 Å². The van der Waals surface area contributed by atoms with Crippen LogP contribution in [0.5, 0.6) is 11.5 Å². The first-order valence-electron chi connectivity index (χ1n) is 12.8. The fraction of sp³-hybridized carbons (Fsp3) is 0.133. The Bertz CT molecular complexity index is 1700. The Kier molecular flexibility index (Phi) is 11.6. The zero-order valence-electron chi connectivity index (χ0n) is 23.5. The first kappa shape index (κ1) is 33.3. The molecule has 4 rings (SSSR count). The molecule has 2 aromatic carbocycles. The number of hydrogen-bond acceptors (Lipinski definition) is 8. The highest BCUT2D eigenvalue weighted by atomic mass is 35.5. The van der Waals surface area contributed by atoms with E-state index in [9.17, 15) is 29.4 Å². The number of nitrogens with two attached hydrogens (primary N) is 1. The summed E-state index contributed by atoms with van der Waals surface area (Å²) in [7, 11) is 3.17. The van der Waals surface area contributed by atoms with Crippen LogP contribution in [-0.2, 0) is 9.59 Å². The van der Waals surface area contributed by atoms with Crippen LogP contribution in [0.25, 0.3) is 22.3 Å². The number of benzene rings is 2. The van der Waals surface area contributed by atoms with Crippen molar-refractivity contribution < 1.29 is 29.4 Å². The minimum absolute atomic E-state index is 0.137. The van der Waals surface area contributed by atoms with Gasteiger partial charge >= 0.3 is 0 Å². The Morgan fingerprint density at radius 2 is 1.16 bits per heavy atom. The summed E-state index contributed by atoms with van der Waals surface area (Å²) in [6.07, 6.45) is 2.90. The van der Waals surface area contributed by atoms with Gasteiger partial charge in [-0.3, -0.25) is 19.2 Å². The van der Waals surface area contributed by atoms with Gasteiger partial charge in [0.1, 0.15) is 11.5 Å². The third-order valence-electron chi connectivity index (χ3n) is 5.80. The molecule has 0 fully saturated rings. The maximum Gasteiger partial charge on any atom is 0.274 e. The van der Waals surface area contributed by atoms with E-state index in [2.05, 4.69) is 20.6 Å². The summed E-state index contributed by atoms with van der Waals surface area (Å²) in [4.78, 5) is 55.0. The minimum Gasteiger partial charge on any atom is -0.505 e. The highest BCUT2D eigenvalue weighted by Gasteiger charge is 2.16. The van der Waals surface area contributed by atoms with E-state index in [0.29, 0.717) is 21.2 Å². The van der Waals surface area contributed by atoms with Gasteiger partial charge in [0.05, 0.1) is 13.1 Å². The summed E-state index contributed by atoms with van der Waals surface area (Å²) in [5.74, 6) is -2.79. The van der Waals surface area contributed by atoms with Crippen molar-refractivity contribution in [2.75, 3.05) is 27.2 Å². The Morgan fingerprint density at radius 3 is 1.52 bits per heavy atom. The van der Waals surface area contributed by atoms with E-state index in [-0.39, 0.29) is 41.9 Å². The number of rotatable bonds is 8. The van der Waals surface area contributed by atoms with Gasteiger partial charge in [-0.15, -0.1) is 0 Å². The van der Waals surface area contributed by atoms with Gasteiger partial charge in [-0.05, 0) is 47.5 Å². The van der Waals surface area contributed by atoms with Crippen LogP contribution in [0, 0.1) is 0 Å². The standard InChI is InChI=1S/C16H16ClN3O3.C14H12ClN3O3/c1-20(2)14(22)9-19-16(23)15-13(21)7-11(8-18-15)10-4-3-5-12(17)6-10;15-10-3-1-2-8(4-10)9-5-11(19)13(17-6-9)14(21)18-7-12(16)20/h3-8,21H,9H2,1-2H3,(H,19,23);1-6,19H,7H2,(H2,16,20)(H,18,21). The molecule has 0 unspecified atom stereocenters. The number of primary amides is 1. The molecule has 6 N–H and O–H groups in total. The summed E-state index contributed by atoms with van der Waals surface area (Å²) in [6, 6.07) is 16.9. The molecule has 2 heterocycles. The Labute approximate surface area is 262 Å². The van der Waals surface area contributed by atoms with Crippen LogP contribution in [-0.4, -0.2) is 75.9 Å². The van der Waals surface area contributed by atoms with Crippen molar-refractivity contribution in [1.29, 1.82) is 0 Å². The second-order valence-corrected chi connectivity index (χ2v) is 10.2. The number of likely N-dealkylation sites (N-methyl/N-ethyl adjacent to an activating group) is 1. The molecular formula is C30H28Cl2N6O6. The molecule has 12 nitrogen and oxygen atoms in total. The molecule has 4 amide bonds. The Hall–Kier alpha value is -5.20. The predicted octanol–water partition coefficient (Wildman–Crippen LogP) is 3.25. The highest BCUT2D eigenvalue weighted by molar-refractivity contribution is 6.31. The van der Waals surface area contributed by atoms with E-state index in [4.69, 9.17) is 28.9 Å². The number of pyridine rings is 2. The first-order chi connectivity index (χ1) is 20.8. The predicted molar refractivity (Wildman–Crippen MR) is 165 cm³/mol. The smallest absolute Gasteiger partial charge is 0.274 e. The molecule has 0 atom stereocenters. The van der Waals surface area contributed by atoms with Crippen molar-refractivity contribution in [3.05, 3.63) is 94.5 Å². The lowest BCUT2D eigenvalue weighted by molar-refractivity contribution is -0.127. The number of nitrogens with zero attached hydrogens (tertiary/aromatic N) is 3. The number of halogens is 2. The van der Waals surface area contributed by atoms with Crippen molar-refractivity contribution in [1.82, 2.24) is 25.5 Å². The van der Waals surface area contributed by atoms with Gasteiger partial charge < -0.3 is 31.5 Å². The van der Waals surface area contributed by atoms with Crippen molar-refractivity contribution in [2.24, 2.45) is 5.73 Å². The molecule has 44 heavy (non-hydrogen) atoms. The minimum atomic E-state index is -0.682. The van der Waals surface area contributed by atoms with Crippen molar-refractivity contribution >= 4 is 46.8 Å². The fourth-order valence-corrected chi connectivity index (χ4v) is 3.94. The topological polar surface area (TPSA) is 188 Å². The Balaban J connectivity index is 0.000000241. The van der Waals surface area contributed by atoms with E-state index in [1.165, 1.54) is 29.4 Å². The highest BCUT2D eigenvalue weighted by Crippen LogP contribution is 2.27. The molecule has 0 aliphatic heterocycles. The lowest BCUT2D eigenvalue weighted by atomic mass is 10.1. The van der Waals surface area contributed by atoms with Crippen LogP contribution in [0.3, 0.4) is 0 Å². The first-order valence-corrected chi connectivity index (χ1v) is 13.6. The number of hydrogen-bond donors (Lipinski definition) is 5. The zero-order valence-corrected chi connectivity index (χ0v) is 25.1. The Morgan fingerprint density at radius 1 is 0.727 bits per heavy atom. The van der Waals surface area contributed by atoms with Gasteiger partial charge in [0.2, 0.25) is 11.8 Å². The summed E-state index contributed by atoms with van der Waals surface area (Å²) < 4.78 is 0. The van der Waals surface area contributed by atoms with Crippen molar-refractivity contribution in [3.63, 3.8) is 0 Å². The second-order valence-electron chi connectivity index (χ2n) is 9.32. The van der Waals surface area contributed by atoms with Gasteiger partial charge in [0, 0.05) is 47.7 Å². The van der Waals surface area contributed by atoms with E-state index in [0.717, 1.165) is 11.1 Å². The molecule has 0 bridgehead atoms. The van der Waals surface area contributed by atoms with Crippen LogP contribution in [0.4, 0.5) is 0 Å². The lowest BCUT2D eigenvalue weighted by Crippen LogP contribution is -2.36. The summed E-state index contributed by atoms with van der Waals surface area (Å²) in [5.41, 5.74) is 7.38. The van der Waals surface area contributed by atoms with Gasteiger partial charge in [-0.2, -0.15) is 0 Å². The SMILES string of the molecule is CN(C)C(=O)CNC(=O)c1ncc(-c2cccc(Cl)c2)cc1O.NC(=O)CNC(=O)c1ncc(-c2cccc(Cl)c2)cc1O. The number of aromatic hydroxyl groups is 2. The molecule has 228 valence electrons. The molecule has 14 heteroatoms. The van der Waals surface area contributed by atoms with Gasteiger partial charge in [0.25, 0.3) is 11.8 Å². The van der Waals surface area contributed by atoms with Gasteiger partial charge in [-0.1, -0.05) is 47.5 Å². The van der Waals surface area contributed by atoms with Crippen LogP contribution in [0.2, 0.25) is 10.0 Å². The van der Waals surface area contributed by atoms with E-state index < -0.39 is 17.7 Å². The third-order valence-corrected chi connectivity index (χ3v) is 6.27. The quantitative estimate of drug-likeness (QED) is 0.194. The maximum absolute atomic E-state index is 12.0. The molecule has 0 saturated carbocycles. The van der Waals surface area contributed by atoms with E-state index in [1.54, 1.807) is 56.6 Å². The molecule has 0 aliphatic rings. The molecule has 0 aliphatic carbocycles. The number of carbonyl (C=O) groups excluding carboxylic acids is 4. The van der Waals surface area contributed by atoms with Crippen LogP contribution < -0.4 is 16.4 Å². The van der Waals surface area contributed by atoms with E-state index >= 15 is 0 Å². The molecule has 0 radical (unpaired) electrons. The second kappa shape index (κ2) is 15.3. The lowest BCUT2D eigenvalue weighted by Gasteiger charge is -2.11. The molecular weight excluding hydrogens is 611 g/mol. The van der Waals surface area contributed by atoms with Crippen LogP contribution in [0.1, 0.15) is 21.0 Å². The van der Waals surface area contributed by atoms with Gasteiger partial charge in [-0.25, -0.2) is 9.97 Å². The average molecular weight is 639 g/mol. The largest absolute Gasteiger partial charge is 0.505 e. The maximum atomic E-state index is 12.0. The average Bonchev–Trinajstić information content (AvgIpc) is 2.98. The van der Waals surface area contributed by atoms with Crippen molar-refractivity contribution in [2.45, 2.75) is 0 Å². The molecule has 0 spiro atoms. The van der Waals surface area contributed by atoms with Crippen LogP contribution >= 0.6 is 23.2 Å². The fourth-order valence-electron chi connectivity index (χ4n) is 3.56.